The minimum atomic E-state index is -0.182. The van der Waals surface area contributed by atoms with Crippen molar-refractivity contribution in [3.05, 3.63) is 47.5 Å². The van der Waals surface area contributed by atoms with Gasteiger partial charge in [-0.3, -0.25) is 0 Å². The molecule has 1 aliphatic rings. The van der Waals surface area contributed by atoms with Crippen molar-refractivity contribution in [2.75, 3.05) is 28.4 Å². The summed E-state index contributed by atoms with van der Waals surface area (Å²) in [5, 5.41) is 0. The summed E-state index contributed by atoms with van der Waals surface area (Å²) in [6.45, 7) is 0. The predicted octanol–water partition coefficient (Wildman–Crippen LogP) is 3.86. The summed E-state index contributed by atoms with van der Waals surface area (Å²) < 4.78 is 21.2. The van der Waals surface area contributed by atoms with Crippen LogP contribution in [0.25, 0.3) is 0 Å². The van der Waals surface area contributed by atoms with Gasteiger partial charge in [0.1, 0.15) is 12.2 Å². The van der Waals surface area contributed by atoms with Gasteiger partial charge in [0, 0.05) is 6.42 Å². The third kappa shape index (κ3) is 3.50. The summed E-state index contributed by atoms with van der Waals surface area (Å²) in [6, 6.07) is 11.4. The van der Waals surface area contributed by atoms with Gasteiger partial charge in [0.05, 0.1) is 28.4 Å². The second kappa shape index (κ2) is 7.63. The highest BCUT2D eigenvalue weighted by molar-refractivity contribution is 5.45. The number of hydrogen-bond acceptors (Lipinski definition) is 6. The van der Waals surface area contributed by atoms with E-state index >= 15 is 0 Å². The molecule has 2 aromatic carbocycles. The van der Waals surface area contributed by atoms with Crippen molar-refractivity contribution in [3.8, 4) is 23.0 Å². The van der Waals surface area contributed by atoms with Crippen LogP contribution in [0.5, 0.6) is 23.0 Å². The summed E-state index contributed by atoms with van der Waals surface area (Å²) in [6.07, 6.45) is 0.320. The van der Waals surface area contributed by atoms with Crippen molar-refractivity contribution in [1.29, 1.82) is 0 Å². The first-order valence-electron chi connectivity index (χ1n) is 7.96. The zero-order chi connectivity index (χ0) is 17.8. The van der Waals surface area contributed by atoms with Gasteiger partial charge in [-0.15, -0.1) is 0 Å². The maximum atomic E-state index is 5.54. The second-order valence-electron chi connectivity index (χ2n) is 5.63. The molecule has 25 heavy (non-hydrogen) atoms. The first-order chi connectivity index (χ1) is 12.2. The first-order valence-corrected chi connectivity index (χ1v) is 7.96. The Kier molecular flexibility index (Phi) is 5.31. The number of hydrogen-bond donors (Lipinski definition) is 0. The summed E-state index contributed by atoms with van der Waals surface area (Å²) in [4.78, 5) is 11.1. The molecule has 3 rings (SSSR count). The normalized spacial score (nSPS) is 19.5. The summed E-state index contributed by atoms with van der Waals surface area (Å²) in [5.41, 5.74) is 1.95. The van der Waals surface area contributed by atoms with Crippen molar-refractivity contribution in [3.63, 3.8) is 0 Å². The SMILES string of the molecule is COc1ccc(C2C[C@@H](c3ccc(OC)c(OC)c3)OO2)cc1OC. The predicted molar refractivity (Wildman–Crippen MR) is 91.4 cm³/mol. The summed E-state index contributed by atoms with van der Waals surface area (Å²) in [7, 11) is 6.44. The zero-order valence-corrected chi connectivity index (χ0v) is 14.8. The van der Waals surface area contributed by atoms with E-state index in [-0.39, 0.29) is 12.2 Å². The molecule has 2 aromatic rings. The lowest BCUT2D eigenvalue weighted by atomic mass is 9.99. The minimum absolute atomic E-state index is 0.182. The van der Waals surface area contributed by atoms with Gasteiger partial charge in [-0.1, -0.05) is 12.1 Å². The molecular formula is C19H22O6. The van der Waals surface area contributed by atoms with Gasteiger partial charge in [0.2, 0.25) is 0 Å². The number of rotatable bonds is 6. The van der Waals surface area contributed by atoms with E-state index in [1.165, 1.54) is 0 Å². The number of methoxy groups -OCH3 is 4. The molecule has 1 saturated heterocycles. The molecule has 1 heterocycles. The molecule has 0 amide bonds. The van der Waals surface area contributed by atoms with Crippen molar-refractivity contribution in [2.45, 2.75) is 18.6 Å². The molecule has 1 aliphatic heterocycles. The molecule has 0 aromatic heterocycles. The fourth-order valence-electron chi connectivity index (χ4n) is 2.90. The molecule has 0 aliphatic carbocycles. The van der Waals surface area contributed by atoms with Gasteiger partial charge in [-0.25, -0.2) is 9.78 Å². The Morgan fingerprint density at radius 1 is 0.640 bits per heavy atom. The molecular weight excluding hydrogens is 324 g/mol. The van der Waals surface area contributed by atoms with Gasteiger partial charge in [0.25, 0.3) is 0 Å². The molecule has 0 bridgehead atoms. The highest BCUT2D eigenvalue weighted by atomic mass is 17.2. The van der Waals surface area contributed by atoms with Crippen LogP contribution in [-0.4, -0.2) is 28.4 Å². The largest absolute Gasteiger partial charge is 0.493 e. The Morgan fingerprint density at radius 2 is 1.04 bits per heavy atom. The lowest BCUT2D eigenvalue weighted by Crippen LogP contribution is -1.99. The zero-order valence-electron chi connectivity index (χ0n) is 14.8. The smallest absolute Gasteiger partial charge is 0.161 e. The van der Waals surface area contributed by atoms with Crippen LogP contribution in [-0.2, 0) is 9.78 Å². The van der Waals surface area contributed by atoms with Gasteiger partial charge in [-0.2, -0.15) is 0 Å². The molecule has 6 nitrogen and oxygen atoms in total. The maximum absolute atomic E-state index is 5.54. The van der Waals surface area contributed by atoms with Crippen molar-refractivity contribution < 1.29 is 28.7 Å². The van der Waals surface area contributed by atoms with E-state index in [0.29, 0.717) is 29.4 Å². The molecule has 0 spiro atoms. The molecule has 134 valence electrons. The Bertz CT molecular complexity index is 668. The van der Waals surface area contributed by atoms with Crippen LogP contribution in [0.15, 0.2) is 36.4 Å². The van der Waals surface area contributed by atoms with Gasteiger partial charge in [0.15, 0.2) is 23.0 Å². The Balaban J connectivity index is 1.78. The van der Waals surface area contributed by atoms with Crippen molar-refractivity contribution >= 4 is 0 Å². The fourth-order valence-corrected chi connectivity index (χ4v) is 2.90. The monoisotopic (exact) mass is 346 g/mol. The molecule has 1 fully saturated rings. The quantitative estimate of drug-likeness (QED) is 0.741. The van der Waals surface area contributed by atoms with Gasteiger partial charge >= 0.3 is 0 Å². The average Bonchev–Trinajstić information content (AvgIpc) is 3.17. The van der Waals surface area contributed by atoms with E-state index in [1.807, 2.05) is 36.4 Å². The lowest BCUT2D eigenvalue weighted by molar-refractivity contribution is -0.300. The molecule has 0 N–H and O–H groups in total. The minimum Gasteiger partial charge on any atom is -0.493 e. The average molecular weight is 346 g/mol. The molecule has 6 heteroatoms. The van der Waals surface area contributed by atoms with Crippen molar-refractivity contribution in [1.82, 2.24) is 0 Å². The Morgan fingerprint density at radius 3 is 1.40 bits per heavy atom. The Hall–Kier alpha value is -2.44. The molecule has 0 radical (unpaired) electrons. The van der Waals surface area contributed by atoms with Crippen LogP contribution in [0, 0.1) is 0 Å². The number of ether oxygens (including phenoxy) is 4. The Labute approximate surface area is 147 Å². The standard InChI is InChI=1S/C19H22O6/c1-20-14-7-5-12(9-18(14)22-3)16-11-17(25-24-16)13-6-8-15(21-2)19(10-13)23-4/h5-10,16-17H,11H2,1-4H3/t16-,17?/m0/s1. The first kappa shape index (κ1) is 17.4. The summed E-state index contributed by atoms with van der Waals surface area (Å²) in [5.74, 6) is 2.69. The third-order valence-corrected chi connectivity index (χ3v) is 4.27. The fraction of sp³-hybridized carbons (Fsp3) is 0.368. The van der Waals surface area contributed by atoms with Crippen LogP contribution in [0.4, 0.5) is 0 Å². The van der Waals surface area contributed by atoms with E-state index in [4.69, 9.17) is 28.7 Å². The topological polar surface area (TPSA) is 55.4 Å². The van der Waals surface area contributed by atoms with E-state index < -0.39 is 0 Å². The van der Waals surface area contributed by atoms with Crippen LogP contribution in [0.2, 0.25) is 0 Å². The van der Waals surface area contributed by atoms with E-state index in [0.717, 1.165) is 11.1 Å². The van der Waals surface area contributed by atoms with E-state index in [2.05, 4.69) is 0 Å². The molecule has 0 saturated carbocycles. The van der Waals surface area contributed by atoms with E-state index in [9.17, 15) is 0 Å². The highest BCUT2D eigenvalue weighted by Gasteiger charge is 2.31. The highest BCUT2D eigenvalue weighted by Crippen LogP contribution is 2.43. The van der Waals surface area contributed by atoms with Crippen LogP contribution in [0.3, 0.4) is 0 Å². The second-order valence-corrected chi connectivity index (χ2v) is 5.63. The lowest BCUT2D eigenvalue weighted by Gasteiger charge is -2.12. The third-order valence-electron chi connectivity index (χ3n) is 4.27. The van der Waals surface area contributed by atoms with Gasteiger partial charge in [-0.05, 0) is 35.4 Å². The van der Waals surface area contributed by atoms with E-state index in [1.54, 1.807) is 28.4 Å². The van der Waals surface area contributed by atoms with Crippen molar-refractivity contribution in [2.24, 2.45) is 0 Å². The molecule has 2 atom stereocenters. The van der Waals surface area contributed by atoms with Crippen LogP contribution in [0.1, 0.15) is 29.8 Å². The van der Waals surface area contributed by atoms with Gasteiger partial charge < -0.3 is 18.9 Å². The van der Waals surface area contributed by atoms with Crippen LogP contribution < -0.4 is 18.9 Å². The van der Waals surface area contributed by atoms with Crippen LogP contribution >= 0.6 is 0 Å². The maximum Gasteiger partial charge on any atom is 0.161 e. The molecule has 1 unspecified atom stereocenters. The number of benzene rings is 2. The summed E-state index contributed by atoms with van der Waals surface area (Å²) >= 11 is 0.